The first-order chi connectivity index (χ1) is 7.18. The van der Waals surface area contributed by atoms with E-state index in [4.69, 9.17) is 0 Å². The molecular formula is C10H10N4S. The van der Waals surface area contributed by atoms with Crippen molar-refractivity contribution in [2.75, 3.05) is 0 Å². The van der Waals surface area contributed by atoms with Gasteiger partial charge in [0, 0.05) is 4.88 Å². The topological polar surface area (TPSA) is 43.1 Å². The van der Waals surface area contributed by atoms with Crippen LogP contribution in [0.15, 0.2) is 6.33 Å². The van der Waals surface area contributed by atoms with Crippen molar-refractivity contribution < 1.29 is 0 Å². The van der Waals surface area contributed by atoms with Crippen molar-refractivity contribution in [3.63, 3.8) is 0 Å². The van der Waals surface area contributed by atoms with E-state index in [1.165, 1.54) is 10.4 Å². The third-order valence-electron chi connectivity index (χ3n) is 2.71. The molecule has 3 heterocycles. The molecule has 0 spiro atoms. The lowest BCUT2D eigenvalue weighted by Crippen LogP contribution is -1.97. The van der Waals surface area contributed by atoms with Gasteiger partial charge in [0.25, 0.3) is 0 Å². The molecule has 0 fully saturated rings. The van der Waals surface area contributed by atoms with Crippen molar-refractivity contribution in [1.29, 1.82) is 0 Å². The van der Waals surface area contributed by atoms with Crippen molar-refractivity contribution in [1.82, 2.24) is 19.6 Å². The van der Waals surface area contributed by atoms with Crippen molar-refractivity contribution >= 4 is 27.2 Å². The maximum absolute atomic E-state index is 4.54. The Morgan fingerprint density at radius 2 is 2.07 bits per heavy atom. The van der Waals surface area contributed by atoms with Crippen LogP contribution in [-0.4, -0.2) is 19.6 Å². The van der Waals surface area contributed by atoms with Gasteiger partial charge in [0.2, 0.25) is 0 Å². The summed E-state index contributed by atoms with van der Waals surface area (Å²) in [6, 6.07) is 0. The van der Waals surface area contributed by atoms with Crippen LogP contribution in [0.5, 0.6) is 0 Å². The summed E-state index contributed by atoms with van der Waals surface area (Å²) < 4.78 is 1.79. The van der Waals surface area contributed by atoms with Crippen molar-refractivity contribution in [3.8, 4) is 0 Å². The zero-order valence-corrected chi connectivity index (χ0v) is 9.59. The molecule has 3 rings (SSSR count). The van der Waals surface area contributed by atoms with E-state index in [2.05, 4.69) is 28.9 Å². The van der Waals surface area contributed by atoms with E-state index in [1.54, 1.807) is 22.2 Å². The number of rotatable bonds is 0. The molecule has 0 unspecified atom stereocenters. The molecule has 0 N–H and O–H groups in total. The third-order valence-corrected chi connectivity index (χ3v) is 3.81. The van der Waals surface area contributed by atoms with Gasteiger partial charge in [0.15, 0.2) is 5.65 Å². The molecule has 3 aromatic heterocycles. The van der Waals surface area contributed by atoms with Crippen LogP contribution >= 0.6 is 11.3 Å². The Bertz CT molecular complexity index is 665. The largest absolute Gasteiger partial charge is 0.222 e. The highest BCUT2D eigenvalue weighted by Gasteiger charge is 2.13. The number of thiophene rings is 1. The second-order valence-electron chi connectivity index (χ2n) is 3.62. The molecule has 0 atom stereocenters. The Labute approximate surface area is 90.6 Å². The predicted octanol–water partition coefficient (Wildman–Crippen LogP) is 2.26. The molecule has 0 radical (unpaired) electrons. The summed E-state index contributed by atoms with van der Waals surface area (Å²) in [6.45, 7) is 6.18. The van der Waals surface area contributed by atoms with E-state index in [0.717, 1.165) is 21.7 Å². The minimum absolute atomic E-state index is 0.885. The summed E-state index contributed by atoms with van der Waals surface area (Å²) in [6.07, 6.45) is 1.58. The lowest BCUT2D eigenvalue weighted by Gasteiger charge is -1.98. The average molecular weight is 218 g/mol. The zero-order valence-electron chi connectivity index (χ0n) is 8.77. The lowest BCUT2D eigenvalue weighted by atomic mass is 10.2. The molecule has 15 heavy (non-hydrogen) atoms. The Hall–Kier alpha value is -1.49. The van der Waals surface area contributed by atoms with E-state index in [-0.39, 0.29) is 0 Å². The molecule has 0 saturated heterocycles. The quantitative estimate of drug-likeness (QED) is 0.581. The average Bonchev–Trinajstić information content (AvgIpc) is 2.74. The first-order valence-corrected chi connectivity index (χ1v) is 5.56. The van der Waals surface area contributed by atoms with Gasteiger partial charge in [0.05, 0.1) is 5.39 Å². The number of hydrogen-bond acceptors (Lipinski definition) is 4. The summed E-state index contributed by atoms with van der Waals surface area (Å²) in [7, 11) is 0. The second-order valence-corrected chi connectivity index (χ2v) is 4.82. The van der Waals surface area contributed by atoms with Crippen LogP contribution in [0.2, 0.25) is 0 Å². The first-order valence-electron chi connectivity index (χ1n) is 4.74. The Kier molecular flexibility index (Phi) is 1.62. The molecule has 0 saturated carbocycles. The summed E-state index contributed by atoms with van der Waals surface area (Å²) in [5, 5.41) is 5.31. The van der Waals surface area contributed by atoms with Gasteiger partial charge < -0.3 is 0 Å². The van der Waals surface area contributed by atoms with Gasteiger partial charge in [-0.15, -0.1) is 11.3 Å². The zero-order chi connectivity index (χ0) is 10.6. The molecule has 4 nitrogen and oxygen atoms in total. The summed E-state index contributed by atoms with van der Waals surface area (Å²) >= 11 is 1.72. The molecule has 0 aromatic carbocycles. The molecule has 0 aliphatic heterocycles. The van der Waals surface area contributed by atoms with Gasteiger partial charge in [-0.25, -0.2) is 9.97 Å². The molecule has 0 bridgehead atoms. The van der Waals surface area contributed by atoms with Crippen molar-refractivity contribution in [2.24, 2.45) is 0 Å². The van der Waals surface area contributed by atoms with E-state index in [0.29, 0.717) is 0 Å². The monoisotopic (exact) mass is 218 g/mol. The molecule has 5 heteroatoms. The Morgan fingerprint density at radius 1 is 1.27 bits per heavy atom. The van der Waals surface area contributed by atoms with E-state index in [9.17, 15) is 0 Å². The van der Waals surface area contributed by atoms with Crippen LogP contribution < -0.4 is 0 Å². The number of aromatic nitrogens is 4. The first kappa shape index (κ1) is 8.79. The fourth-order valence-electron chi connectivity index (χ4n) is 1.79. The Balaban J connectivity index is 2.67. The summed E-state index contributed by atoms with van der Waals surface area (Å²) in [4.78, 5) is 11.2. The standard InChI is InChI=1S/C10H10N4S/c1-5-6(2)15-10-8(5)9-11-4-12-14(9)7(3)13-10/h4H,1-3H3. The van der Waals surface area contributed by atoms with Crippen LogP contribution in [0.1, 0.15) is 16.3 Å². The van der Waals surface area contributed by atoms with Crippen LogP contribution in [0.25, 0.3) is 15.9 Å². The molecule has 0 amide bonds. The van der Waals surface area contributed by atoms with Gasteiger partial charge in [0.1, 0.15) is 17.0 Å². The van der Waals surface area contributed by atoms with Crippen molar-refractivity contribution in [3.05, 3.63) is 22.6 Å². The highest BCUT2D eigenvalue weighted by Crippen LogP contribution is 2.31. The van der Waals surface area contributed by atoms with E-state index >= 15 is 0 Å². The SMILES string of the molecule is Cc1sc2nc(C)n3ncnc3c2c1C. The number of fused-ring (bicyclic) bond motifs is 3. The molecule has 0 aliphatic rings. The van der Waals surface area contributed by atoms with Crippen LogP contribution in [0.4, 0.5) is 0 Å². The minimum atomic E-state index is 0.885. The fraction of sp³-hybridized carbons (Fsp3) is 0.300. The maximum Gasteiger partial charge on any atom is 0.167 e. The fourth-order valence-corrected chi connectivity index (χ4v) is 2.86. The van der Waals surface area contributed by atoms with E-state index in [1.807, 2.05) is 6.92 Å². The van der Waals surface area contributed by atoms with E-state index < -0.39 is 0 Å². The van der Waals surface area contributed by atoms with Crippen LogP contribution in [0, 0.1) is 20.8 Å². The van der Waals surface area contributed by atoms with Gasteiger partial charge in [-0.05, 0) is 26.3 Å². The normalized spacial score (nSPS) is 11.7. The lowest BCUT2D eigenvalue weighted by molar-refractivity contribution is 0.878. The number of hydrogen-bond donors (Lipinski definition) is 0. The maximum atomic E-state index is 4.54. The Morgan fingerprint density at radius 3 is 2.87 bits per heavy atom. The second kappa shape index (κ2) is 2.76. The van der Waals surface area contributed by atoms with Crippen molar-refractivity contribution in [2.45, 2.75) is 20.8 Å². The van der Waals surface area contributed by atoms with Gasteiger partial charge >= 0.3 is 0 Å². The van der Waals surface area contributed by atoms with Crippen LogP contribution in [0.3, 0.4) is 0 Å². The smallest absolute Gasteiger partial charge is 0.167 e. The molecule has 76 valence electrons. The summed E-state index contributed by atoms with van der Waals surface area (Å²) in [5.41, 5.74) is 2.18. The summed E-state index contributed by atoms with van der Waals surface area (Å²) in [5.74, 6) is 0.885. The minimum Gasteiger partial charge on any atom is -0.222 e. The third kappa shape index (κ3) is 1.04. The van der Waals surface area contributed by atoms with Crippen LogP contribution in [-0.2, 0) is 0 Å². The van der Waals surface area contributed by atoms with Gasteiger partial charge in [-0.3, -0.25) is 0 Å². The van der Waals surface area contributed by atoms with Gasteiger partial charge in [-0.2, -0.15) is 9.61 Å². The predicted molar refractivity (Wildman–Crippen MR) is 60.4 cm³/mol. The molecular weight excluding hydrogens is 208 g/mol. The number of nitrogens with zero attached hydrogens (tertiary/aromatic N) is 4. The molecule has 0 aliphatic carbocycles. The number of aryl methyl sites for hydroxylation is 3. The molecule has 3 aromatic rings. The highest BCUT2D eigenvalue weighted by molar-refractivity contribution is 7.18. The van der Waals surface area contributed by atoms with Gasteiger partial charge in [-0.1, -0.05) is 0 Å². The highest BCUT2D eigenvalue weighted by atomic mass is 32.1.